The van der Waals surface area contributed by atoms with Crippen LogP contribution >= 0.6 is 11.8 Å². The van der Waals surface area contributed by atoms with E-state index in [0.717, 1.165) is 4.90 Å². The summed E-state index contributed by atoms with van der Waals surface area (Å²) in [6.45, 7) is 0. The molecular formula is C8H9NOS. The topological polar surface area (TPSA) is 29.1 Å². The first kappa shape index (κ1) is 8.14. The van der Waals surface area contributed by atoms with Gasteiger partial charge in [0.15, 0.2) is 0 Å². The van der Waals surface area contributed by atoms with Crippen molar-refractivity contribution in [3.05, 3.63) is 30.3 Å². The fourth-order valence-electron chi connectivity index (χ4n) is 0.647. The average molecular weight is 167 g/mol. The highest BCUT2D eigenvalue weighted by atomic mass is 32.2. The van der Waals surface area contributed by atoms with E-state index in [1.807, 2.05) is 30.3 Å². The van der Waals surface area contributed by atoms with Crippen molar-refractivity contribution < 1.29 is 4.79 Å². The van der Waals surface area contributed by atoms with Gasteiger partial charge in [0.25, 0.3) is 5.24 Å². The minimum atomic E-state index is -0.0313. The van der Waals surface area contributed by atoms with Crippen molar-refractivity contribution >= 4 is 17.0 Å². The van der Waals surface area contributed by atoms with Crippen molar-refractivity contribution in [2.75, 3.05) is 7.05 Å². The van der Waals surface area contributed by atoms with Crippen LogP contribution in [0.3, 0.4) is 0 Å². The summed E-state index contributed by atoms with van der Waals surface area (Å²) in [6, 6.07) is 9.55. The predicted octanol–water partition coefficient (Wildman–Crippen LogP) is 2.12. The highest BCUT2D eigenvalue weighted by Crippen LogP contribution is 2.16. The molecule has 1 amide bonds. The summed E-state index contributed by atoms with van der Waals surface area (Å²) in [5.74, 6) is 0. The Hall–Kier alpha value is -0.960. The van der Waals surface area contributed by atoms with Crippen LogP contribution in [0.2, 0.25) is 0 Å². The van der Waals surface area contributed by atoms with Crippen LogP contribution < -0.4 is 5.32 Å². The average Bonchev–Trinajstić information content (AvgIpc) is 2.06. The van der Waals surface area contributed by atoms with Crippen LogP contribution in [0.25, 0.3) is 0 Å². The second kappa shape index (κ2) is 4.03. The lowest BCUT2D eigenvalue weighted by Crippen LogP contribution is -2.10. The first-order chi connectivity index (χ1) is 5.33. The first-order valence-electron chi connectivity index (χ1n) is 3.27. The molecule has 0 atom stereocenters. The quantitative estimate of drug-likeness (QED) is 0.649. The molecule has 0 aromatic heterocycles. The second-order valence-electron chi connectivity index (χ2n) is 1.95. The van der Waals surface area contributed by atoms with Crippen LogP contribution in [0, 0.1) is 0 Å². The molecule has 11 heavy (non-hydrogen) atoms. The Kier molecular flexibility index (Phi) is 2.98. The van der Waals surface area contributed by atoms with Crippen LogP contribution in [0.15, 0.2) is 35.2 Å². The molecule has 0 aliphatic heterocycles. The lowest BCUT2D eigenvalue weighted by Gasteiger charge is -1.97. The van der Waals surface area contributed by atoms with E-state index in [4.69, 9.17) is 0 Å². The van der Waals surface area contributed by atoms with Gasteiger partial charge in [0.1, 0.15) is 0 Å². The highest BCUT2D eigenvalue weighted by molar-refractivity contribution is 8.13. The molecule has 0 fully saturated rings. The molecule has 58 valence electrons. The van der Waals surface area contributed by atoms with Gasteiger partial charge in [0.05, 0.1) is 0 Å². The predicted molar refractivity (Wildman–Crippen MR) is 46.8 cm³/mol. The summed E-state index contributed by atoms with van der Waals surface area (Å²) < 4.78 is 0. The van der Waals surface area contributed by atoms with Gasteiger partial charge in [0, 0.05) is 11.9 Å². The van der Waals surface area contributed by atoms with E-state index in [9.17, 15) is 4.79 Å². The highest BCUT2D eigenvalue weighted by Gasteiger charge is 1.98. The van der Waals surface area contributed by atoms with E-state index in [-0.39, 0.29) is 5.24 Å². The Bertz CT molecular complexity index is 235. The molecule has 0 heterocycles. The molecular weight excluding hydrogens is 158 g/mol. The third-order valence-electron chi connectivity index (χ3n) is 1.16. The molecule has 1 aromatic rings. The van der Waals surface area contributed by atoms with Crippen molar-refractivity contribution in [3.63, 3.8) is 0 Å². The van der Waals surface area contributed by atoms with E-state index in [1.54, 1.807) is 7.05 Å². The largest absolute Gasteiger partial charge is 0.350 e. The Morgan fingerprint density at radius 3 is 2.55 bits per heavy atom. The van der Waals surface area contributed by atoms with Gasteiger partial charge in [-0.3, -0.25) is 4.79 Å². The Labute approximate surface area is 70.0 Å². The summed E-state index contributed by atoms with van der Waals surface area (Å²) in [4.78, 5) is 11.8. The Morgan fingerprint density at radius 2 is 2.00 bits per heavy atom. The minimum Gasteiger partial charge on any atom is -0.350 e. The van der Waals surface area contributed by atoms with Crippen molar-refractivity contribution in [1.82, 2.24) is 5.32 Å². The molecule has 1 aromatic carbocycles. The van der Waals surface area contributed by atoms with Gasteiger partial charge in [0.2, 0.25) is 0 Å². The number of thioether (sulfide) groups is 1. The zero-order valence-corrected chi connectivity index (χ0v) is 7.02. The van der Waals surface area contributed by atoms with Crippen LogP contribution in [0.5, 0.6) is 0 Å². The van der Waals surface area contributed by atoms with Crippen LogP contribution in [-0.2, 0) is 0 Å². The van der Waals surface area contributed by atoms with Crippen molar-refractivity contribution in [1.29, 1.82) is 0 Å². The number of rotatable bonds is 1. The van der Waals surface area contributed by atoms with Crippen LogP contribution in [0.4, 0.5) is 4.79 Å². The molecule has 0 spiro atoms. The summed E-state index contributed by atoms with van der Waals surface area (Å²) in [5.41, 5.74) is 0. The molecule has 2 nitrogen and oxygen atoms in total. The number of benzene rings is 1. The molecule has 0 saturated heterocycles. The second-order valence-corrected chi connectivity index (χ2v) is 3.00. The molecule has 0 saturated carbocycles. The van der Waals surface area contributed by atoms with Gasteiger partial charge in [-0.2, -0.15) is 0 Å². The van der Waals surface area contributed by atoms with Crippen molar-refractivity contribution in [2.45, 2.75) is 4.90 Å². The lowest BCUT2D eigenvalue weighted by atomic mass is 10.4. The molecule has 1 rings (SSSR count). The molecule has 0 aliphatic rings. The first-order valence-corrected chi connectivity index (χ1v) is 4.09. The van der Waals surface area contributed by atoms with E-state index in [2.05, 4.69) is 5.32 Å². The van der Waals surface area contributed by atoms with Crippen LogP contribution in [-0.4, -0.2) is 12.3 Å². The summed E-state index contributed by atoms with van der Waals surface area (Å²) in [7, 11) is 1.62. The normalized spacial score (nSPS) is 9.18. The van der Waals surface area contributed by atoms with E-state index in [0.29, 0.717) is 0 Å². The monoisotopic (exact) mass is 167 g/mol. The standard InChI is InChI=1S/C8H9NOS/c1-9-8(10)11-7-5-3-2-4-6-7/h2-6H,1H3,(H,9,10). The third kappa shape index (κ3) is 2.63. The zero-order chi connectivity index (χ0) is 8.10. The maximum Gasteiger partial charge on any atom is 0.283 e. The van der Waals surface area contributed by atoms with Gasteiger partial charge >= 0.3 is 0 Å². The number of nitrogens with one attached hydrogen (secondary N) is 1. The maximum atomic E-state index is 10.8. The van der Waals surface area contributed by atoms with Gasteiger partial charge in [-0.1, -0.05) is 18.2 Å². The van der Waals surface area contributed by atoms with E-state index in [1.165, 1.54) is 11.8 Å². The van der Waals surface area contributed by atoms with Gasteiger partial charge in [-0.15, -0.1) is 0 Å². The molecule has 0 radical (unpaired) electrons. The van der Waals surface area contributed by atoms with Crippen LogP contribution in [0.1, 0.15) is 0 Å². The summed E-state index contributed by atoms with van der Waals surface area (Å²) in [5, 5.41) is 2.51. The SMILES string of the molecule is CNC(=O)Sc1ccccc1. The Balaban J connectivity index is 2.58. The molecule has 3 heteroatoms. The van der Waals surface area contributed by atoms with Crippen molar-refractivity contribution in [3.8, 4) is 0 Å². The fourth-order valence-corrected chi connectivity index (χ4v) is 1.26. The molecule has 0 bridgehead atoms. The van der Waals surface area contributed by atoms with Gasteiger partial charge in [-0.05, 0) is 23.9 Å². The number of hydrogen-bond donors (Lipinski definition) is 1. The third-order valence-corrected chi connectivity index (χ3v) is 2.06. The van der Waals surface area contributed by atoms with E-state index >= 15 is 0 Å². The zero-order valence-electron chi connectivity index (χ0n) is 6.20. The minimum absolute atomic E-state index is 0.0313. The number of amides is 1. The van der Waals surface area contributed by atoms with E-state index < -0.39 is 0 Å². The fraction of sp³-hybridized carbons (Fsp3) is 0.125. The van der Waals surface area contributed by atoms with Gasteiger partial charge in [-0.25, -0.2) is 0 Å². The van der Waals surface area contributed by atoms with Crippen molar-refractivity contribution in [2.24, 2.45) is 0 Å². The number of hydrogen-bond acceptors (Lipinski definition) is 2. The van der Waals surface area contributed by atoms with Gasteiger partial charge < -0.3 is 5.32 Å². The molecule has 1 N–H and O–H groups in total. The molecule has 0 unspecified atom stereocenters. The maximum absolute atomic E-state index is 10.8. The smallest absolute Gasteiger partial charge is 0.283 e. The Morgan fingerprint density at radius 1 is 1.36 bits per heavy atom. The number of carbonyl (C=O) groups is 1. The molecule has 0 aliphatic carbocycles. The summed E-state index contributed by atoms with van der Waals surface area (Å²) in [6.07, 6.45) is 0. The summed E-state index contributed by atoms with van der Waals surface area (Å²) >= 11 is 1.19. The number of carbonyl (C=O) groups excluding carboxylic acids is 1. The lowest BCUT2D eigenvalue weighted by molar-refractivity contribution is 0.262.